The second kappa shape index (κ2) is 4.91. The lowest BCUT2D eigenvalue weighted by Gasteiger charge is -2.25. The summed E-state index contributed by atoms with van der Waals surface area (Å²) in [5.74, 6) is 0.529. The standard InChI is InChI=1S/C17H17FO2/c1-20-16-5-3-2-4-13(16)11-17(19)9-8-12-10-14(18)6-7-15(12)17/h2-7,10,19H,8-9,11H2,1H3. The first-order chi connectivity index (χ1) is 9.62. The third-order valence-electron chi connectivity index (χ3n) is 4.05. The van der Waals surface area contributed by atoms with E-state index in [-0.39, 0.29) is 5.82 Å². The van der Waals surface area contributed by atoms with E-state index in [4.69, 9.17) is 4.74 Å². The molecule has 20 heavy (non-hydrogen) atoms. The monoisotopic (exact) mass is 272 g/mol. The summed E-state index contributed by atoms with van der Waals surface area (Å²) in [6.45, 7) is 0. The van der Waals surface area contributed by atoms with Gasteiger partial charge in [0, 0.05) is 6.42 Å². The Hall–Kier alpha value is -1.87. The largest absolute Gasteiger partial charge is 0.496 e. The lowest BCUT2D eigenvalue weighted by Crippen LogP contribution is -2.25. The minimum atomic E-state index is -0.933. The third kappa shape index (κ3) is 2.18. The van der Waals surface area contributed by atoms with Crippen LogP contribution in [0.15, 0.2) is 42.5 Å². The van der Waals surface area contributed by atoms with Crippen LogP contribution in [0.2, 0.25) is 0 Å². The first-order valence-electron chi connectivity index (χ1n) is 6.75. The molecule has 0 heterocycles. The lowest BCUT2D eigenvalue weighted by molar-refractivity contribution is 0.0383. The molecule has 1 atom stereocenters. The smallest absolute Gasteiger partial charge is 0.123 e. The molecule has 0 aliphatic heterocycles. The molecular formula is C17H17FO2. The van der Waals surface area contributed by atoms with Crippen LogP contribution in [0.25, 0.3) is 0 Å². The first kappa shape index (κ1) is 13.1. The normalized spacial score (nSPS) is 20.8. The van der Waals surface area contributed by atoms with Gasteiger partial charge < -0.3 is 9.84 Å². The highest BCUT2D eigenvalue weighted by molar-refractivity contribution is 5.42. The van der Waals surface area contributed by atoms with Crippen LogP contribution in [0.3, 0.4) is 0 Å². The van der Waals surface area contributed by atoms with Gasteiger partial charge in [0.15, 0.2) is 0 Å². The zero-order valence-electron chi connectivity index (χ0n) is 11.4. The Morgan fingerprint density at radius 1 is 1.25 bits per heavy atom. The highest BCUT2D eigenvalue weighted by Gasteiger charge is 2.37. The Bertz CT molecular complexity index is 639. The molecule has 0 saturated carbocycles. The van der Waals surface area contributed by atoms with Gasteiger partial charge in [-0.3, -0.25) is 0 Å². The van der Waals surface area contributed by atoms with Gasteiger partial charge in [-0.15, -0.1) is 0 Å². The summed E-state index contributed by atoms with van der Waals surface area (Å²) in [6.07, 6.45) is 1.80. The summed E-state index contributed by atoms with van der Waals surface area (Å²) in [5, 5.41) is 10.9. The molecule has 3 heteroatoms. The van der Waals surface area contributed by atoms with Crippen molar-refractivity contribution in [2.75, 3.05) is 7.11 Å². The molecule has 0 fully saturated rings. The summed E-state index contributed by atoms with van der Waals surface area (Å²) in [4.78, 5) is 0. The molecule has 0 bridgehead atoms. The maximum absolute atomic E-state index is 13.3. The number of rotatable bonds is 3. The highest BCUT2D eigenvalue weighted by atomic mass is 19.1. The van der Waals surface area contributed by atoms with Crippen LogP contribution in [0, 0.1) is 5.82 Å². The van der Waals surface area contributed by atoms with Gasteiger partial charge in [0.2, 0.25) is 0 Å². The Morgan fingerprint density at radius 3 is 2.85 bits per heavy atom. The van der Waals surface area contributed by atoms with Gasteiger partial charge >= 0.3 is 0 Å². The zero-order chi connectivity index (χ0) is 14.2. The molecule has 0 spiro atoms. The van der Waals surface area contributed by atoms with Crippen molar-refractivity contribution in [1.82, 2.24) is 0 Å². The quantitative estimate of drug-likeness (QED) is 0.929. The van der Waals surface area contributed by atoms with Gasteiger partial charge in [-0.1, -0.05) is 24.3 Å². The number of hydrogen-bond acceptors (Lipinski definition) is 2. The number of aliphatic hydroxyl groups is 1. The fraction of sp³-hybridized carbons (Fsp3) is 0.294. The number of methoxy groups -OCH3 is 1. The molecule has 0 radical (unpaired) electrons. The van der Waals surface area contributed by atoms with Gasteiger partial charge in [0.25, 0.3) is 0 Å². The molecule has 2 nitrogen and oxygen atoms in total. The van der Waals surface area contributed by atoms with Crippen LogP contribution < -0.4 is 4.74 Å². The van der Waals surface area contributed by atoms with Crippen molar-refractivity contribution >= 4 is 0 Å². The number of para-hydroxylation sites is 1. The van der Waals surface area contributed by atoms with E-state index in [1.807, 2.05) is 24.3 Å². The van der Waals surface area contributed by atoms with E-state index >= 15 is 0 Å². The summed E-state index contributed by atoms with van der Waals surface area (Å²) in [7, 11) is 1.63. The second-order valence-electron chi connectivity index (χ2n) is 5.32. The fourth-order valence-electron chi connectivity index (χ4n) is 3.05. The average Bonchev–Trinajstić information content (AvgIpc) is 2.76. The first-order valence-corrected chi connectivity index (χ1v) is 6.75. The zero-order valence-corrected chi connectivity index (χ0v) is 11.4. The average molecular weight is 272 g/mol. The summed E-state index contributed by atoms with van der Waals surface area (Å²) < 4.78 is 18.6. The molecule has 0 aromatic heterocycles. The van der Waals surface area contributed by atoms with Crippen molar-refractivity contribution in [2.45, 2.75) is 24.9 Å². The topological polar surface area (TPSA) is 29.5 Å². The van der Waals surface area contributed by atoms with E-state index in [9.17, 15) is 9.50 Å². The van der Waals surface area contributed by atoms with Crippen LogP contribution in [0.4, 0.5) is 4.39 Å². The van der Waals surface area contributed by atoms with Crippen molar-refractivity contribution in [2.24, 2.45) is 0 Å². The van der Waals surface area contributed by atoms with Crippen LogP contribution in [-0.4, -0.2) is 12.2 Å². The number of hydrogen-bond donors (Lipinski definition) is 1. The number of fused-ring (bicyclic) bond motifs is 1. The maximum Gasteiger partial charge on any atom is 0.123 e. The number of halogens is 1. The molecule has 0 saturated heterocycles. The molecule has 2 aromatic carbocycles. The molecular weight excluding hydrogens is 255 g/mol. The Balaban J connectivity index is 1.96. The minimum Gasteiger partial charge on any atom is -0.496 e. The lowest BCUT2D eigenvalue weighted by atomic mass is 9.88. The Kier molecular flexibility index (Phi) is 3.22. The third-order valence-corrected chi connectivity index (χ3v) is 4.05. The van der Waals surface area contributed by atoms with Crippen molar-refractivity contribution in [3.05, 3.63) is 65.0 Å². The molecule has 1 aliphatic rings. The molecule has 1 N–H and O–H groups in total. The van der Waals surface area contributed by atoms with E-state index in [2.05, 4.69) is 0 Å². The predicted octanol–water partition coefficient (Wildman–Crippen LogP) is 3.21. The number of aryl methyl sites for hydroxylation is 1. The molecule has 3 rings (SSSR count). The number of benzene rings is 2. The SMILES string of the molecule is COc1ccccc1CC1(O)CCc2cc(F)ccc21. The van der Waals surface area contributed by atoms with Crippen LogP contribution in [0.5, 0.6) is 5.75 Å². The van der Waals surface area contributed by atoms with Gasteiger partial charge in [0.05, 0.1) is 12.7 Å². The van der Waals surface area contributed by atoms with Crippen LogP contribution >= 0.6 is 0 Å². The molecule has 2 aromatic rings. The summed E-state index contributed by atoms with van der Waals surface area (Å²) in [5.41, 5.74) is 1.78. The maximum atomic E-state index is 13.3. The van der Waals surface area contributed by atoms with Crippen molar-refractivity contribution < 1.29 is 14.2 Å². The second-order valence-corrected chi connectivity index (χ2v) is 5.32. The van der Waals surface area contributed by atoms with E-state index in [1.165, 1.54) is 12.1 Å². The van der Waals surface area contributed by atoms with E-state index < -0.39 is 5.60 Å². The molecule has 0 amide bonds. The van der Waals surface area contributed by atoms with Gasteiger partial charge in [-0.2, -0.15) is 0 Å². The Morgan fingerprint density at radius 2 is 2.05 bits per heavy atom. The van der Waals surface area contributed by atoms with E-state index in [0.717, 1.165) is 22.4 Å². The molecule has 1 unspecified atom stereocenters. The molecule has 1 aliphatic carbocycles. The minimum absolute atomic E-state index is 0.245. The highest BCUT2D eigenvalue weighted by Crippen LogP contribution is 2.40. The summed E-state index contributed by atoms with van der Waals surface area (Å²) in [6, 6.07) is 12.3. The molecule has 104 valence electrons. The van der Waals surface area contributed by atoms with E-state index in [0.29, 0.717) is 19.3 Å². The Labute approximate surface area is 117 Å². The predicted molar refractivity (Wildman–Crippen MR) is 75.3 cm³/mol. The van der Waals surface area contributed by atoms with Crippen LogP contribution in [-0.2, 0) is 18.4 Å². The summed E-state index contributed by atoms with van der Waals surface area (Å²) >= 11 is 0. The van der Waals surface area contributed by atoms with Gasteiger partial charge in [-0.05, 0) is 47.7 Å². The van der Waals surface area contributed by atoms with Crippen LogP contribution in [0.1, 0.15) is 23.1 Å². The van der Waals surface area contributed by atoms with Gasteiger partial charge in [-0.25, -0.2) is 4.39 Å². The number of ether oxygens (including phenoxy) is 1. The van der Waals surface area contributed by atoms with Crippen molar-refractivity contribution in [1.29, 1.82) is 0 Å². The fourth-order valence-corrected chi connectivity index (χ4v) is 3.05. The van der Waals surface area contributed by atoms with E-state index in [1.54, 1.807) is 13.2 Å². The van der Waals surface area contributed by atoms with Crippen molar-refractivity contribution in [3.63, 3.8) is 0 Å². The van der Waals surface area contributed by atoms with Gasteiger partial charge in [0.1, 0.15) is 11.6 Å². The van der Waals surface area contributed by atoms with Crippen molar-refractivity contribution in [3.8, 4) is 5.75 Å².